The van der Waals surface area contributed by atoms with Crippen molar-refractivity contribution in [1.82, 2.24) is 10.2 Å². The molecule has 2 heteroatoms. The first kappa shape index (κ1) is 12.0. The monoisotopic (exact) mass is 198 g/mol. The second kappa shape index (κ2) is 4.63. The van der Waals surface area contributed by atoms with Crippen molar-refractivity contribution < 1.29 is 0 Å². The van der Waals surface area contributed by atoms with Gasteiger partial charge in [0.2, 0.25) is 0 Å². The molecule has 1 aliphatic rings. The van der Waals surface area contributed by atoms with Crippen LogP contribution in [-0.2, 0) is 0 Å². The highest BCUT2D eigenvalue weighted by atomic mass is 15.2. The normalized spacial score (nSPS) is 28.3. The van der Waals surface area contributed by atoms with Gasteiger partial charge in [0.15, 0.2) is 0 Å². The largest absolute Gasteiger partial charge is 0.317 e. The van der Waals surface area contributed by atoms with E-state index in [4.69, 9.17) is 0 Å². The quantitative estimate of drug-likeness (QED) is 0.747. The number of nitrogens with zero attached hydrogens (tertiary/aromatic N) is 1. The Morgan fingerprint density at radius 2 is 2.07 bits per heavy atom. The summed E-state index contributed by atoms with van der Waals surface area (Å²) in [5.74, 6) is 0.778. The molecule has 0 radical (unpaired) electrons. The van der Waals surface area contributed by atoms with Crippen LogP contribution in [0.4, 0.5) is 0 Å². The van der Waals surface area contributed by atoms with E-state index in [9.17, 15) is 0 Å². The summed E-state index contributed by atoms with van der Waals surface area (Å²) < 4.78 is 0. The number of nitrogens with one attached hydrogen (secondary N) is 1. The molecule has 1 saturated heterocycles. The molecule has 1 unspecified atom stereocenters. The van der Waals surface area contributed by atoms with Gasteiger partial charge in [-0.1, -0.05) is 13.8 Å². The van der Waals surface area contributed by atoms with Gasteiger partial charge in [-0.05, 0) is 39.7 Å². The molecule has 1 fully saturated rings. The summed E-state index contributed by atoms with van der Waals surface area (Å²) in [5, 5.41) is 3.41. The van der Waals surface area contributed by atoms with Crippen LogP contribution in [0.15, 0.2) is 0 Å². The molecule has 0 spiro atoms. The number of hydrogen-bond donors (Lipinski definition) is 1. The Bertz CT molecular complexity index is 175. The Balaban J connectivity index is 2.54. The average molecular weight is 198 g/mol. The van der Waals surface area contributed by atoms with E-state index in [1.54, 1.807) is 0 Å². The molecule has 1 N–H and O–H groups in total. The zero-order valence-electron chi connectivity index (χ0n) is 10.4. The first-order valence-corrected chi connectivity index (χ1v) is 5.88. The fourth-order valence-corrected chi connectivity index (χ4v) is 2.47. The van der Waals surface area contributed by atoms with Gasteiger partial charge in [-0.25, -0.2) is 0 Å². The Labute approximate surface area is 89.1 Å². The highest BCUT2D eigenvalue weighted by molar-refractivity contribution is 4.91. The maximum atomic E-state index is 3.41. The van der Waals surface area contributed by atoms with Gasteiger partial charge in [0, 0.05) is 24.7 Å². The molecule has 0 aliphatic carbocycles. The van der Waals surface area contributed by atoms with Gasteiger partial charge in [-0.15, -0.1) is 0 Å². The fraction of sp³-hybridized carbons (Fsp3) is 1.00. The van der Waals surface area contributed by atoms with Gasteiger partial charge in [0.05, 0.1) is 0 Å². The lowest BCUT2D eigenvalue weighted by Crippen LogP contribution is -2.54. The molecule has 0 amide bonds. The lowest BCUT2D eigenvalue weighted by atomic mass is 9.86. The van der Waals surface area contributed by atoms with Crippen molar-refractivity contribution in [3.05, 3.63) is 0 Å². The Morgan fingerprint density at radius 1 is 1.43 bits per heavy atom. The van der Waals surface area contributed by atoms with E-state index in [2.05, 4.69) is 45.0 Å². The third-order valence-corrected chi connectivity index (χ3v) is 3.34. The standard InChI is InChI=1S/C12H26N2/c1-10(2)9-14-7-6-11(13-5)8-12(14,3)4/h10-11,13H,6-9H2,1-5H3. The van der Waals surface area contributed by atoms with Crippen LogP contribution in [0.1, 0.15) is 40.5 Å². The minimum atomic E-state index is 0.371. The zero-order valence-corrected chi connectivity index (χ0v) is 10.4. The molecule has 84 valence electrons. The number of rotatable bonds is 3. The van der Waals surface area contributed by atoms with Crippen LogP contribution in [0.5, 0.6) is 0 Å². The van der Waals surface area contributed by atoms with Crippen molar-refractivity contribution in [3.8, 4) is 0 Å². The molecule has 0 aromatic carbocycles. The second-order valence-electron chi connectivity index (χ2n) is 5.63. The van der Waals surface area contributed by atoms with Crippen LogP contribution in [0.3, 0.4) is 0 Å². The Hall–Kier alpha value is -0.0800. The van der Waals surface area contributed by atoms with Crippen LogP contribution < -0.4 is 5.32 Å². The first-order valence-electron chi connectivity index (χ1n) is 5.88. The molecule has 1 rings (SSSR count). The molecular formula is C12H26N2. The highest BCUT2D eigenvalue weighted by Gasteiger charge is 2.33. The zero-order chi connectivity index (χ0) is 10.8. The third-order valence-electron chi connectivity index (χ3n) is 3.34. The van der Waals surface area contributed by atoms with E-state index in [1.807, 2.05) is 0 Å². The minimum Gasteiger partial charge on any atom is -0.317 e. The maximum absolute atomic E-state index is 3.41. The van der Waals surface area contributed by atoms with E-state index in [0.29, 0.717) is 11.6 Å². The van der Waals surface area contributed by atoms with Gasteiger partial charge in [-0.2, -0.15) is 0 Å². The number of piperidine rings is 1. The van der Waals surface area contributed by atoms with Gasteiger partial charge >= 0.3 is 0 Å². The molecule has 1 aliphatic heterocycles. The average Bonchev–Trinajstić information content (AvgIpc) is 2.07. The topological polar surface area (TPSA) is 15.3 Å². The summed E-state index contributed by atoms with van der Waals surface area (Å²) in [5.41, 5.74) is 0.371. The summed E-state index contributed by atoms with van der Waals surface area (Å²) in [4.78, 5) is 2.64. The van der Waals surface area contributed by atoms with Crippen molar-refractivity contribution in [2.24, 2.45) is 5.92 Å². The van der Waals surface area contributed by atoms with Crippen LogP contribution in [0.2, 0.25) is 0 Å². The van der Waals surface area contributed by atoms with Crippen molar-refractivity contribution >= 4 is 0 Å². The van der Waals surface area contributed by atoms with E-state index >= 15 is 0 Å². The second-order valence-corrected chi connectivity index (χ2v) is 5.63. The van der Waals surface area contributed by atoms with Crippen molar-refractivity contribution in [3.63, 3.8) is 0 Å². The summed E-state index contributed by atoms with van der Waals surface area (Å²) in [6.45, 7) is 11.8. The summed E-state index contributed by atoms with van der Waals surface area (Å²) in [6.07, 6.45) is 2.57. The summed E-state index contributed by atoms with van der Waals surface area (Å²) >= 11 is 0. The van der Waals surface area contributed by atoms with Crippen LogP contribution in [0.25, 0.3) is 0 Å². The SMILES string of the molecule is CNC1CCN(CC(C)C)C(C)(C)C1. The van der Waals surface area contributed by atoms with Gasteiger partial charge in [-0.3, -0.25) is 4.90 Å². The molecule has 0 aromatic heterocycles. The van der Waals surface area contributed by atoms with Gasteiger partial charge < -0.3 is 5.32 Å². The molecule has 0 aromatic rings. The minimum absolute atomic E-state index is 0.371. The van der Waals surface area contributed by atoms with Gasteiger partial charge in [0.25, 0.3) is 0 Å². The predicted octanol–water partition coefficient (Wildman–Crippen LogP) is 2.10. The molecule has 14 heavy (non-hydrogen) atoms. The van der Waals surface area contributed by atoms with E-state index in [1.165, 1.54) is 25.9 Å². The Morgan fingerprint density at radius 3 is 2.50 bits per heavy atom. The molecule has 2 nitrogen and oxygen atoms in total. The highest BCUT2D eigenvalue weighted by Crippen LogP contribution is 2.28. The lowest BCUT2D eigenvalue weighted by Gasteiger charge is -2.46. The number of likely N-dealkylation sites (tertiary alicyclic amines) is 1. The molecule has 0 saturated carbocycles. The van der Waals surface area contributed by atoms with Crippen molar-refractivity contribution in [1.29, 1.82) is 0 Å². The first-order chi connectivity index (χ1) is 6.45. The third kappa shape index (κ3) is 2.96. The molecular weight excluding hydrogens is 172 g/mol. The van der Waals surface area contributed by atoms with Crippen LogP contribution in [-0.4, -0.2) is 36.6 Å². The molecule has 1 heterocycles. The predicted molar refractivity (Wildman–Crippen MR) is 62.6 cm³/mol. The van der Waals surface area contributed by atoms with Gasteiger partial charge in [0.1, 0.15) is 0 Å². The van der Waals surface area contributed by atoms with Crippen LogP contribution >= 0.6 is 0 Å². The molecule has 0 bridgehead atoms. The van der Waals surface area contributed by atoms with E-state index in [0.717, 1.165) is 5.92 Å². The summed E-state index contributed by atoms with van der Waals surface area (Å²) in [6, 6.07) is 0.716. The molecule has 1 atom stereocenters. The van der Waals surface area contributed by atoms with Crippen molar-refractivity contribution in [2.45, 2.75) is 52.1 Å². The summed E-state index contributed by atoms with van der Waals surface area (Å²) in [7, 11) is 2.08. The van der Waals surface area contributed by atoms with Crippen molar-refractivity contribution in [2.75, 3.05) is 20.1 Å². The number of hydrogen-bond acceptors (Lipinski definition) is 2. The lowest BCUT2D eigenvalue weighted by molar-refractivity contribution is 0.0497. The van der Waals surface area contributed by atoms with E-state index < -0.39 is 0 Å². The van der Waals surface area contributed by atoms with Crippen LogP contribution in [0, 0.1) is 5.92 Å². The Kier molecular flexibility index (Phi) is 3.96. The fourth-order valence-electron chi connectivity index (χ4n) is 2.47. The van der Waals surface area contributed by atoms with E-state index in [-0.39, 0.29) is 0 Å². The maximum Gasteiger partial charge on any atom is 0.0168 e. The smallest absolute Gasteiger partial charge is 0.0168 e.